The van der Waals surface area contributed by atoms with Crippen LogP contribution in [0.2, 0.25) is 0 Å². The van der Waals surface area contributed by atoms with E-state index < -0.39 is 6.10 Å². The Morgan fingerprint density at radius 2 is 2.12 bits per heavy atom. The van der Waals surface area contributed by atoms with Gasteiger partial charge in [-0.25, -0.2) is 4.39 Å². The van der Waals surface area contributed by atoms with E-state index in [1.807, 2.05) is 19.0 Å². The molecular weight excluding hydrogens is 221 g/mol. The Morgan fingerprint density at radius 1 is 1.35 bits per heavy atom. The van der Waals surface area contributed by atoms with Crippen molar-refractivity contribution in [1.82, 2.24) is 4.90 Å². The van der Waals surface area contributed by atoms with Gasteiger partial charge in [0.05, 0.1) is 0 Å². The molecule has 1 aromatic heterocycles. The molecule has 0 radical (unpaired) electrons. The summed E-state index contributed by atoms with van der Waals surface area (Å²) in [6.45, 7) is 0.770. The molecule has 0 aliphatic rings. The van der Waals surface area contributed by atoms with Crippen LogP contribution in [-0.4, -0.2) is 30.6 Å². The van der Waals surface area contributed by atoms with Gasteiger partial charge in [0.1, 0.15) is 23.3 Å². The second-order valence-electron chi connectivity index (χ2n) is 4.44. The average molecular weight is 237 g/mol. The normalized spacial score (nSPS) is 13.5. The highest BCUT2D eigenvalue weighted by molar-refractivity contribution is 5.77. The first-order valence-electron chi connectivity index (χ1n) is 5.58. The molecule has 0 saturated heterocycles. The van der Waals surface area contributed by atoms with Crippen molar-refractivity contribution in [3.05, 3.63) is 35.8 Å². The predicted molar refractivity (Wildman–Crippen MR) is 64.3 cm³/mol. The summed E-state index contributed by atoms with van der Waals surface area (Å²) in [4.78, 5) is 1.99. The highest BCUT2D eigenvalue weighted by Gasteiger charge is 2.13. The van der Waals surface area contributed by atoms with Gasteiger partial charge in [0.25, 0.3) is 0 Å². The van der Waals surface area contributed by atoms with Crippen molar-refractivity contribution < 1.29 is 13.9 Å². The number of aliphatic hydroxyl groups excluding tert-OH is 1. The minimum Gasteiger partial charge on any atom is -0.458 e. The Kier molecular flexibility index (Phi) is 3.45. The first-order chi connectivity index (χ1) is 8.06. The monoisotopic (exact) mass is 237 g/mol. The van der Waals surface area contributed by atoms with Crippen LogP contribution in [0.3, 0.4) is 0 Å². The number of hydrogen-bond acceptors (Lipinski definition) is 3. The zero-order valence-corrected chi connectivity index (χ0v) is 9.98. The highest BCUT2D eigenvalue weighted by Crippen LogP contribution is 2.26. The number of furan rings is 1. The van der Waals surface area contributed by atoms with Gasteiger partial charge in [-0.05, 0) is 44.8 Å². The van der Waals surface area contributed by atoms with Crippen LogP contribution in [0.25, 0.3) is 11.0 Å². The standard InChI is InChI=1S/C13H16FNO2/c1-15(2)6-5-11(16)13-8-9-7-10(14)3-4-12(9)17-13/h3-4,7-8,11,16H,5-6H2,1-2H3. The van der Waals surface area contributed by atoms with E-state index in [2.05, 4.69) is 0 Å². The van der Waals surface area contributed by atoms with Gasteiger partial charge in [0.15, 0.2) is 0 Å². The Balaban J connectivity index is 2.18. The maximum absolute atomic E-state index is 13.0. The summed E-state index contributed by atoms with van der Waals surface area (Å²) in [6.07, 6.45) is -0.0529. The van der Waals surface area contributed by atoms with E-state index in [-0.39, 0.29) is 5.82 Å². The molecule has 92 valence electrons. The molecule has 1 N–H and O–H groups in total. The summed E-state index contributed by atoms with van der Waals surface area (Å²) >= 11 is 0. The molecule has 1 aromatic carbocycles. The lowest BCUT2D eigenvalue weighted by atomic mass is 10.2. The van der Waals surface area contributed by atoms with Gasteiger partial charge >= 0.3 is 0 Å². The molecule has 2 rings (SSSR count). The summed E-state index contributed by atoms with van der Waals surface area (Å²) in [6, 6.07) is 6.02. The molecule has 0 amide bonds. The van der Waals surface area contributed by atoms with Gasteiger partial charge in [0, 0.05) is 11.9 Å². The van der Waals surface area contributed by atoms with Crippen molar-refractivity contribution in [3.8, 4) is 0 Å². The number of fused-ring (bicyclic) bond motifs is 1. The van der Waals surface area contributed by atoms with Gasteiger partial charge in [-0.15, -0.1) is 0 Å². The topological polar surface area (TPSA) is 36.6 Å². The SMILES string of the molecule is CN(C)CCC(O)c1cc2cc(F)ccc2o1. The van der Waals surface area contributed by atoms with Crippen molar-refractivity contribution in [2.24, 2.45) is 0 Å². The Labute approximate surface area is 99.5 Å². The first kappa shape index (κ1) is 12.1. The van der Waals surface area contributed by atoms with Crippen LogP contribution in [0, 0.1) is 5.82 Å². The number of benzene rings is 1. The van der Waals surface area contributed by atoms with Gasteiger partial charge < -0.3 is 14.4 Å². The molecule has 2 aromatic rings. The minimum atomic E-state index is -0.645. The van der Waals surface area contributed by atoms with Crippen molar-refractivity contribution in [2.75, 3.05) is 20.6 Å². The van der Waals surface area contributed by atoms with Crippen molar-refractivity contribution in [2.45, 2.75) is 12.5 Å². The molecule has 0 aliphatic heterocycles. The summed E-state index contributed by atoms with van der Waals surface area (Å²) in [5, 5.41) is 10.6. The lowest BCUT2D eigenvalue weighted by Crippen LogP contribution is -2.15. The molecular formula is C13H16FNO2. The van der Waals surface area contributed by atoms with Crippen LogP contribution in [0.15, 0.2) is 28.7 Å². The Bertz CT molecular complexity index is 507. The lowest BCUT2D eigenvalue weighted by Gasteiger charge is -2.12. The zero-order valence-electron chi connectivity index (χ0n) is 9.98. The molecule has 4 heteroatoms. The molecule has 1 unspecified atom stereocenters. The van der Waals surface area contributed by atoms with Crippen molar-refractivity contribution >= 4 is 11.0 Å². The van der Waals surface area contributed by atoms with E-state index in [1.165, 1.54) is 12.1 Å². The van der Waals surface area contributed by atoms with Crippen LogP contribution in [0.4, 0.5) is 4.39 Å². The molecule has 3 nitrogen and oxygen atoms in total. The minimum absolute atomic E-state index is 0.298. The highest BCUT2D eigenvalue weighted by atomic mass is 19.1. The van der Waals surface area contributed by atoms with Crippen LogP contribution < -0.4 is 0 Å². The molecule has 0 aliphatic carbocycles. The molecule has 1 atom stereocenters. The second kappa shape index (κ2) is 4.85. The third-order valence-corrected chi connectivity index (χ3v) is 2.68. The third kappa shape index (κ3) is 2.84. The smallest absolute Gasteiger partial charge is 0.134 e. The lowest BCUT2D eigenvalue weighted by molar-refractivity contribution is 0.131. The molecule has 1 heterocycles. The van der Waals surface area contributed by atoms with E-state index in [9.17, 15) is 9.50 Å². The Hall–Kier alpha value is -1.39. The van der Waals surface area contributed by atoms with Crippen LogP contribution in [-0.2, 0) is 0 Å². The van der Waals surface area contributed by atoms with Crippen LogP contribution >= 0.6 is 0 Å². The summed E-state index contributed by atoms with van der Waals surface area (Å²) in [5.41, 5.74) is 0.602. The van der Waals surface area contributed by atoms with E-state index in [4.69, 9.17) is 4.42 Å². The summed E-state index contributed by atoms with van der Waals surface area (Å²) in [7, 11) is 3.89. The maximum atomic E-state index is 13.0. The molecule has 0 saturated carbocycles. The molecule has 0 spiro atoms. The second-order valence-corrected chi connectivity index (χ2v) is 4.44. The van der Waals surface area contributed by atoms with Gasteiger partial charge in [0.2, 0.25) is 0 Å². The fraction of sp³-hybridized carbons (Fsp3) is 0.385. The van der Waals surface area contributed by atoms with Crippen molar-refractivity contribution in [3.63, 3.8) is 0 Å². The van der Waals surface area contributed by atoms with Crippen LogP contribution in [0.1, 0.15) is 18.3 Å². The molecule has 0 fully saturated rings. The predicted octanol–water partition coefficient (Wildman–Crippen LogP) is 2.56. The largest absolute Gasteiger partial charge is 0.458 e. The number of nitrogens with zero attached hydrogens (tertiary/aromatic N) is 1. The van der Waals surface area contributed by atoms with E-state index >= 15 is 0 Å². The van der Waals surface area contributed by atoms with Gasteiger partial charge in [-0.2, -0.15) is 0 Å². The quantitative estimate of drug-likeness (QED) is 0.887. The summed E-state index contributed by atoms with van der Waals surface area (Å²) in [5.74, 6) is 0.195. The Morgan fingerprint density at radius 3 is 2.82 bits per heavy atom. The number of aliphatic hydroxyl groups is 1. The number of rotatable bonds is 4. The number of hydrogen-bond donors (Lipinski definition) is 1. The average Bonchev–Trinajstić information content (AvgIpc) is 2.68. The van der Waals surface area contributed by atoms with Gasteiger partial charge in [-0.1, -0.05) is 0 Å². The van der Waals surface area contributed by atoms with E-state index in [1.54, 1.807) is 12.1 Å². The number of halogens is 1. The zero-order chi connectivity index (χ0) is 12.4. The fourth-order valence-electron chi connectivity index (χ4n) is 1.72. The van der Waals surface area contributed by atoms with E-state index in [0.717, 1.165) is 6.54 Å². The first-order valence-corrected chi connectivity index (χ1v) is 5.58. The third-order valence-electron chi connectivity index (χ3n) is 2.68. The van der Waals surface area contributed by atoms with Crippen LogP contribution in [0.5, 0.6) is 0 Å². The van der Waals surface area contributed by atoms with Gasteiger partial charge in [-0.3, -0.25) is 0 Å². The molecule has 0 bridgehead atoms. The summed E-state index contributed by atoms with van der Waals surface area (Å²) < 4.78 is 18.5. The van der Waals surface area contributed by atoms with Crippen molar-refractivity contribution in [1.29, 1.82) is 0 Å². The molecule has 17 heavy (non-hydrogen) atoms. The fourth-order valence-corrected chi connectivity index (χ4v) is 1.72. The van der Waals surface area contributed by atoms with E-state index in [0.29, 0.717) is 23.2 Å². The maximum Gasteiger partial charge on any atom is 0.134 e.